The molecule has 0 saturated carbocycles. The van der Waals surface area contributed by atoms with Gasteiger partial charge < -0.3 is 9.84 Å². The Hall–Kier alpha value is -0.830. The number of aliphatic hydroxyl groups excluding tert-OH is 1. The van der Waals surface area contributed by atoms with Crippen molar-refractivity contribution in [3.8, 4) is 0 Å². The fourth-order valence-corrected chi connectivity index (χ4v) is 3.35. The molecule has 3 rings (SSSR count). The molecule has 0 radical (unpaired) electrons. The first-order chi connectivity index (χ1) is 7.16. The lowest BCUT2D eigenvalue weighted by molar-refractivity contribution is -0.140. The van der Waals surface area contributed by atoms with Crippen LogP contribution in [0.15, 0.2) is 11.1 Å². The zero-order valence-corrected chi connectivity index (χ0v) is 8.90. The summed E-state index contributed by atoms with van der Waals surface area (Å²) < 4.78 is 5.37. The van der Waals surface area contributed by atoms with Gasteiger partial charge in [0.2, 0.25) is 0 Å². The van der Waals surface area contributed by atoms with Crippen LogP contribution in [0, 0.1) is 11.8 Å². The van der Waals surface area contributed by atoms with Crippen LogP contribution in [0.5, 0.6) is 0 Å². The van der Waals surface area contributed by atoms with Crippen molar-refractivity contribution in [3.05, 3.63) is 11.1 Å². The Kier molecular flexibility index (Phi) is 1.93. The maximum atomic E-state index is 11.2. The van der Waals surface area contributed by atoms with Gasteiger partial charge in [0.25, 0.3) is 0 Å². The van der Waals surface area contributed by atoms with Crippen LogP contribution in [0.2, 0.25) is 0 Å². The summed E-state index contributed by atoms with van der Waals surface area (Å²) in [4.78, 5) is 11.2. The summed E-state index contributed by atoms with van der Waals surface area (Å²) in [7, 11) is 0. The van der Waals surface area contributed by atoms with Gasteiger partial charge in [-0.2, -0.15) is 0 Å². The van der Waals surface area contributed by atoms with E-state index in [1.807, 2.05) is 0 Å². The predicted octanol–water partition coefficient (Wildman–Crippen LogP) is 1.41. The first-order valence-electron chi connectivity index (χ1n) is 5.77. The Labute approximate surface area is 89.1 Å². The van der Waals surface area contributed by atoms with Crippen molar-refractivity contribution in [2.24, 2.45) is 11.8 Å². The molecule has 1 fully saturated rings. The molecule has 0 bridgehead atoms. The van der Waals surface area contributed by atoms with Crippen LogP contribution in [-0.4, -0.2) is 23.3 Å². The molecule has 15 heavy (non-hydrogen) atoms. The SMILES string of the molecule is CC1CCC(O)C2=C1[C@H]1OC(=O)C[C@H]1C2. The Balaban J connectivity index is 1.97. The number of carbonyl (C=O) groups is 1. The van der Waals surface area contributed by atoms with Crippen molar-refractivity contribution in [1.29, 1.82) is 0 Å². The fraction of sp³-hybridized carbons (Fsp3) is 0.750. The molecule has 0 spiro atoms. The Morgan fingerprint density at radius 1 is 1.33 bits per heavy atom. The van der Waals surface area contributed by atoms with Gasteiger partial charge in [-0.15, -0.1) is 0 Å². The monoisotopic (exact) mass is 208 g/mol. The van der Waals surface area contributed by atoms with Crippen LogP contribution in [-0.2, 0) is 9.53 Å². The van der Waals surface area contributed by atoms with Crippen molar-refractivity contribution in [2.45, 2.75) is 44.8 Å². The summed E-state index contributed by atoms with van der Waals surface area (Å²) >= 11 is 0. The highest BCUT2D eigenvalue weighted by atomic mass is 16.6. The molecule has 0 amide bonds. The molecule has 1 aliphatic heterocycles. The lowest BCUT2D eigenvalue weighted by atomic mass is 9.83. The van der Waals surface area contributed by atoms with E-state index in [9.17, 15) is 9.90 Å². The molecule has 1 saturated heterocycles. The average molecular weight is 208 g/mol. The number of hydrogen-bond acceptors (Lipinski definition) is 3. The third kappa shape index (κ3) is 1.26. The predicted molar refractivity (Wildman–Crippen MR) is 54.0 cm³/mol. The first-order valence-corrected chi connectivity index (χ1v) is 5.77. The summed E-state index contributed by atoms with van der Waals surface area (Å²) in [6.45, 7) is 2.18. The van der Waals surface area contributed by atoms with E-state index < -0.39 is 0 Å². The number of esters is 1. The topological polar surface area (TPSA) is 46.5 Å². The van der Waals surface area contributed by atoms with Gasteiger partial charge in [-0.25, -0.2) is 0 Å². The summed E-state index contributed by atoms with van der Waals surface area (Å²) in [5.74, 6) is 0.728. The number of hydrogen-bond donors (Lipinski definition) is 1. The van der Waals surface area contributed by atoms with Gasteiger partial charge in [0, 0.05) is 5.92 Å². The molecule has 2 unspecified atom stereocenters. The van der Waals surface area contributed by atoms with E-state index in [1.165, 1.54) is 11.1 Å². The third-order valence-electron chi connectivity index (χ3n) is 4.08. The van der Waals surface area contributed by atoms with E-state index in [1.54, 1.807) is 0 Å². The van der Waals surface area contributed by atoms with Crippen LogP contribution >= 0.6 is 0 Å². The van der Waals surface area contributed by atoms with E-state index >= 15 is 0 Å². The zero-order chi connectivity index (χ0) is 10.6. The molecule has 3 heteroatoms. The maximum Gasteiger partial charge on any atom is 0.306 e. The van der Waals surface area contributed by atoms with Crippen LogP contribution in [0.3, 0.4) is 0 Å². The van der Waals surface area contributed by atoms with E-state index in [0.29, 0.717) is 18.3 Å². The molecule has 4 atom stereocenters. The van der Waals surface area contributed by atoms with E-state index in [-0.39, 0.29) is 18.2 Å². The molecule has 0 aromatic rings. The van der Waals surface area contributed by atoms with Crippen molar-refractivity contribution < 1.29 is 14.6 Å². The molecule has 0 aromatic heterocycles. The smallest absolute Gasteiger partial charge is 0.306 e. The molecular weight excluding hydrogens is 192 g/mol. The second kappa shape index (κ2) is 3.08. The van der Waals surface area contributed by atoms with Gasteiger partial charge in [-0.1, -0.05) is 6.92 Å². The molecule has 1 N–H and O–H groups in total. The minimum atomic E-state index is -0.277. The van der Waals surface area contributed by atoms with Crippen molar-refractivity contribution in [2.75, 3.05) is 0 Å². The molecule has 3 aliphatic rings. The van der Waals surface area contributed by atoms with Gasteiger partial charge in [0.05, 0.1) is 12.5 Å². The fourth-order valence-electron chi connectivity index (χ4n) is 3.35. The number of fused-ring (bicyclic) bond motifs is 2. The van der Waals surface area contributed by atoms with Gasteiger partial charge in [-0.05, 0) is 36.3 Å². The Morgan fingerprint density at radius 2 is 2.13 bits per heavy atom. The summed E-state index contributed by atoms with van der Waals surface area (Å²) in [5.41, 5.74) is 2.42. The minimum Gasteiger partial charge on any atom is -0.457 e. The highest BCUT2D eigenvalue weighted by Crippen LogP contribution is 2.48. The summed E-state index contributed by atoms with van der Waals surface area (Å²) in [5, 5.41) is 9.92. The Morgan fingerprint density at radius 3 is 2.93 bits per heavy atom. The van der Waals surface area contributed by atoms with Crippen LogP contribution in [0.25, 0.3) is 0 Å². The normalized spacial score (nSPS) is 44.0. The van der Waals surface area contributed by atoms with Crippen LogP contribution in [0.1, 0.15) is 32.6 Å². The maximum absolute atomic E-state index is 11.2. The summed E-state index contributed by atoms with van der Waals surface area (Å²) in [6.07, 6.45) is 3.01. The second-order valence-corrected chi connectivity index (χ2v) is 5.05. The van der Waals surface area contributed by atoms with E-state index in [4.69, 9.17) is 4.74 Å². The van der Waals surface area contributed by atoms with Crippen LogP contribution < -0.4 is 0 Å². The highest BCUT2D eigenvalue weighted by Gasteiger charge is 2.47. The molecule has 82 valence electrons. The molecule has 1 heterocycles. The van der Waals surface area contributed by atoms with Crippen molar-refractivity contribution in [3.63, 3.8) is 0 Å². The second-order valence-electron chi connectivity index (χ2n) is 5.05. The number of ether oxygens (including phenoxy) is 1. The molecule has 2 aliphatic carbocycles. The van der Waals surface area contributed by atoms with Crippen LogP contribution in [0.4, 0.5) is 0 Å². The van der Waals surface area contributed by atoms with Gasteiger partial charge in [0.1, 0.15) is 6.10 Å². The summed E-state index contributed by atoms with van der Waals surface area (Å²) in [6, 6.07) is 0. The lowest BCUT2D eigenvalue weighted by Crippen LogP contribution is -2.24. The first kappa shape index (κ1) is 9.40. The quantitative estimate of drug-likeness (QED) is 0.483. The third-order valence-corrected chi connectivity index (χ3v) is 4.08. The lowest BCUT2D eigenvalue weighted by Gasteiger charge is -2.27. The largest absolute Gasteiger partial charge is 0.457 e. The Bertz CT molecular complexity index is 345. The molecule has 3 nitrogen and oxygen atoms in total. The number of aliphatic hydroxyl groups is 1. The van der Waals surface area contributed by atoms with E-state index in [0.717, 1.165) is 19.3 Å². The zero-order valence-electron chi connectivity index (χ0n) is 8.90. The van der Waals surface area contributed by atoms with Gasteiger partial charge >= 0.3 is 5.97 Å². The minimum absolute atomic E-state index is 0.00236. The average Bonchev–Trinajstić information content (AvgIpc) is 2.67. The molecule has 0 aromatic carbocycles. The standard InChI is InChI=1S/C12H16O3/c1-6-2-3-9(13)8-4-7-5-10(14)15-12(7)11(6)8/h6-7,9,12-13H,2-5H2,1H3/t6?,7-,9?,12+/m1/s1. The van der Waals surface area contributed by atoms with E-state index in [2.05, 4.69) is 6.92 Å². The molecular formula is C12H16O3. The highest BCUT2D eigenvalue weighted by molar-refractivity contribution is 5.73. The van der Waals surface area contributed by atoms with Crippen molar-refractivity contribution >= 4 is 5.97 Å². The van der Waals surface area contributed by atoms with Gasteiger partial charge in [-0.3, -0.25) is 4.79 Å². The number of rotatable bonds is 0. The number of carbonyl (C=O) groups excluding carboxylic acids is 1. The van der Waals surface area contributed by atoms with Gasteiger partial charge in [0.15, 0.2) is 0 Å². The van der Waals surface area contributed by atoms with Crippen molar-refractivity contribution in [1.82, 2.24) is 0 Å².